The second kappa shape index (κ2) is 7.25. The van der Waals surface area contributed by atoms with Gasteiger partial charge in [-0.25, -0.2) is 0 Å². The van der Waals surface area contributed by atoms with Crippen LogP contribution in [0, 0.1) is 10.8 Å². The van der Waals surface area contributed by atoms with E-state index >= 15 is 0 Å². The van der Waals surface area contributed by atoms with Crippen molar-refractivity contribution in [1.29, 1.82) is 0 Å². The van der Waals surface area contributed by atoms with Crippen molar-refractivity contribution < 1.29 is 14.7 Å². The molecular formula is C16H30N2O3. The third-order valence-electron chi connectivity index (χ3n) is 4.30. The number of hydrogen-bond acceptors (Lipinski definition) is 3. The number of carbonyl (C=O) groups excluding carboxylic acids is 1. The number of aliphatic carboxylic acids is 1. The Morgan fingerprint density at radius 3 is 2.24 bits per heavy atom. The topological polar surface area (TPSA) is 92.4 Å². The van der Waals surface area contributed by atoms with E-state index in [0.717, 1.165) is 32.1 Å². The molecule has 1 saturated carbocycles. The number of carbonyl (C=O) groups is 2. The molecule has 5 heteroatoms. The quantitative estimate of drug-likeness (QED) is 0.701. The number of carboxylic acid groups (broad SMARTS) is 1. The zero-order valence-corrected chi connectivity index (χ0v) is 13.6. The Bertz CT molecular complexity index is 368. The second-order valence-electron chi connectivity index (χ2n) is 7.58. The van der Waals surface area contributed by atoms with Crippen molar-refractivity contribution in [3.05, 3.63) is 0 Å². The highest BCUT2D eigenvalue weighted by molar-refractivity contribution is 5.83. The van der Waals surface area contributed by atoms with Crippen LogP contribution < -0.4 is 11.1 Å². The van der Waals surface area contributed by atoms with E-state index in [4.69, 9.17) is 10.8 Å². The summed E-state index contributed by atoms with van der Waals surface area (Å²) in [4.78, 5) is 23.7. The highest BCUT2D eigenvalue weighted by Gasteiger charge is 2.39. The summed E-state index contributed by atoms with van der Waals surface area (Å²) < 4.78 is 0. The molecule has 0 aromatic heterocycles. The molecule has 1 fully saturated rings. The number of carboxylic acids is 1. The lowest BCUT2D eigenvalue weighted by atomic mass is 9.73. The van der Waals surface area contributed by atoms with Gasteiger partial charge in [-0.15, -0.1) is 0 Å². The van der Waals surface area contributed by atoms with Crippen LogP contribution in [0.4, 0.5) is 0 Å². The molecule has 0 saturated heterocycles. The predicted molar refractivity (Wildman–Crippen MR) is 82.8 cm³/mol. The largest absolute Gasteiger partial charge is 0.481 e. The van der Waals surface area contributed by atoms with Crippen molar-refractivity contribution in [2.45, 2.75) is 71.8 Å². The van der Waals surface area contributed by atoms with E-state index in [2.05, 4.69) is 5.32 Å². The van der Waals surface area contributed by atoms with Gasteiger partial charge < -0.3 is 16.2 Å². The van der Waals surface area contributed by atoms with Crippen molar-refractivity contribution >= 4 is 11.9 Å². The maximum Gasteiger partial charge on any atom is 0.305 e. The SMILES string of the molecule is CC(C)(C)CC(CC(=O)O)NC(=O)C1(CN)CCCCC1. The van der Waals surface area contributed by atoms with Gasteiger partial charge in [-0.1, -0.05) is 40.0 Å². The lowest BCUT2D eigenvalue weighted by molar-refractivity contribution is -0.138. The summed E-state index contributed by atoms with van der Waals surface area (Å²) in [7, 11) is 0. The number of rotatable bonds is 6. The summed E-state index contributed by atoms with van der Waals surface area (Å²) in [6.07, 6.45) is 5.42. The van der Waals surface area contributed by atoms with Crippen molar-refractivity contribution in [3.8, 4) is 0 Å². The van der Waals surface area contributed by atoms with E-state index in [1.165, 1.54) is 0 Å². The maximum atomic E-state index is 12.6. The lowest BCUT2D eigenvalue weighted by Gasteiger charge is -2.36. The molecule has 0 aliphatic heterocycles. The summed E-state index contributed by atoms with van der Waals surface area (Å²) in [6, 6.07) is -0.333. The Balaban J connectivity index is 2.75. The molecule has 0 aromatic carbocycles. The van der Waals surface area contributed by atoms with Gasteiger partial charge in [-0.05, 0) is 24.7 Å². The first-order valence-electron chi connectivity index (χ1n) is 7.91. The van der Waals surface area contributed by atoms with Crippen LogP contribution in [0.5, 0.6) is 0 Å². The highest BCUT2D eigenvalue weighted by Crippen LogP contribution is 2.36. The summed E-state index contributed by atoms with van der Waals surface area (Å²) in [6.45, 7) is 6.49. The molecule has 1 aliphatic rings. The van der Waals surface area contributed by atoms with Crippen molar-refractivity contribution in [2.75, 3.05) is 6.54 Å². The van der Waals surface area contributed by atoms with Crippen LogP contribution in [-0.2, 0) is 9.59 Å². The molecule has 1 amide bonds. The number of nitrogens with one attached hydrogen (secondary N) is 1. The molecule has 0 bridgehead atoms. The molecule has 0 aromatic rings. The third kappa shape index (κ3) is 5.65. The van der Waals surface area contributed by atoms with Gasteiger partial charge in [-0.3, -0.25) is 9.59 Å². The van der Waals surface area contributed by atoms with E-state index in [1.54, 1.807) is 0 Å². The van der Waals surface area contributed by atoms with Crippen LogP contribution >= 0.6 is 0 Å². The molecule has 0 spiro atoms. The van der Waals surface area contributed by atoms with E-state index in [9.17, 15) is 9.59 Å². The predicted octanol–water partition coefficient (Wildman–Crippen LogP) is 2.29. The monoisotopic (exact) mass is 298 g/mol. The first-order chi connectivity index (χ1) is 9.68. The fraction of sp³-hybridized carbons (Fsp3) is 0.875. The Labute approximate surface area is 127 Å². The van der Waals surface area contributed by atoms with E-state index in [0.29, 0.717) is 13.0 Å². The minimum atomic E-state index is -0.880. The van der Waals surface area contributed by atoms with Gasteiger partial charge in [-0.2, -0.15) is 0 Å². The van der Waals surface area contributed by atoms with Gasteiger partial charge in [0, 0.05) is 12.6 Å². The highest BCUT2D eigenvalue weighted by atomic mass is 16.4. The Hall–Kier alpha value is -1.10. The number of hydrogen-bond donors (Lipinski definition) is 3. The van der Waals surface area contributed by atoms with Gasteiger partial charge in [0.1, 0.15) is 0 Å². The first kappa shape index (κ1) is 18.0. The maximum absolute atomic E-state index is 12.6. The van der Waals surface area contributed by atoms with Gasteiger partial charge in [0.05, 0.1) is 11.8 Å². The number of amides is 1. The minimum Gasteiger partial charge on any atom is -0.481 e. The molecule has 1 unspecified atom stereocenters. The van der Waals surface area contributed by atoms with Gasteiger partial charge in [0.25, 0.3) is 0 Å². The van der Waals surface area contributed by atoms with Crippen molar-refractivity contribution in [3.63, 3.8) is 0 Å². The normalized spacial score (nSPS) is 19.8. The van der Waals surface area contributed by atoms with Crippen LogP contribution in [-0.4, -0.2) is 29.6 Å². The molecule has 1 aliphatic carbocycles. The van der Waals surface area contributed by atoms with Crippen LogP contribution in [0.25, 0.3) is 0 Å². The molecule has 5 nitrogen and oxygen atoms in total. The molecule has 0 heterocycles. The summed E-state index contributed by atoms with van der Waals surface area (Å²) >= 11 is 0. The molecular weight excluding hydrogens is 268 g/mol. The summed E-state index contributed by atoms with van der Waals surface area (Å²) in [5, 5.41) is 12.0. The molecule has 0 radical (unpaired) electrons. The Morgan fingerprint density at radius 2 is 1.81 bits per heavy atom. The third-order valence-corrected chi connectivity index (χ3v) is 4.30. The van der Waals surface area contributed by atoms with Gasteiger partial charge in [0.2, 0.25) is 5.91 Å². The van der Waals surface area contributed by atoms with Crippen LogP contribution in [0.3, 0.4) is 0 Å². The molecule has 1 atom stereocenters. The molecule has 21 heavy (non-hydrogen) atoms. The summed E-state index contributed by atoms with van der Waals surface area (Å²) in [5.74, 6) is -0.935. The Morgan fingerprint density at radius 1 is 1.24 bits per heavy atom. The second-order valence-corrected chi connectivity index (χ2v) is 7.58. The molecule has 1 rings (SSSR count). The Kier molecular flexibility index (Phi) is 6.20. The van der Waals surface area contributed by atoms with E-state index in [1.807, 2.05) is 20.8 Å². The standard InChI is InChI=1S/C16H30N2O3/c1-15(2,3)10-12(9-13(19)20)18-14(21)16(11-17)7-5-4-6-8-16/h12H,4-11,17H2,1-3H3,(H,18,21)(H,19,20). The fourth-order valence-electron chi connectivity index (χ4n) is 3.22. The first-order valence-corrected chi connectivity index (χ1v) is 7.91. The number of nitrogens with two attached hydrogens (primary N) is 1. The lowest BCUT2D eigenvalue weighted by Crippen LogP contribution is -2.51. The minimum absolute atomic E-state index is 0.0319. The molecule has 4 N–H and O–H groups in total. The zero-order chi connectivity index (χ0) is 16.1. The average molecular weight is 298 g/mol. The van der Waals surface area contributed by atoms with Crippen LogP contribution in [0.1, 0.15) is 65.7 Å². The smallest absolute Gasteiger partial charge is 0.305 e. The van der Waals surface area contributed by atoms with E-state index < -0.39 is 11.4 Å². The average Bonchev–Trinajstić information content (AvgIpc) is 2.36. The van der Waals surface area contributed by atoms with Crippen LogP contribution in [0.15, 0.2) is 0 Å². The van der Waals surface area contributed by atoms with Gasteiger partial charge in [0.15, 0.2) is 0 Å². The van der Waals surface area contributed by atoms with Crippen LogP contribution in [0.2, 0.25) is 0 Å². The summed E-state index contributed by atoms with van der Waals surface area (Å²) in [5.41, 5.74) is 5.34. The van der Waals surface area contributed by atoms with Gasteiger partial charge >= 0.3 is 5.97 Å². The van der Waals surface area contributed by atoms with E-state index in [-0.39, 0.29) is 23.8 Å². The zero-order valence-electron chi connectivity index (χ0n) is 13.6. The van der Waals surface area contributed by atoms with Crippen molar-refractivity contribution in [1.82, 2.24) is 5.32 Å². The fourth-order valence-corrected chi connectivity index (χ4v) is 3.22. The van der Waals surface area contributed by atoms with Crippen molar-refractivity contribution in [2.24, 2.45) is 16.6 Å². The molecule has 122 valence electrons.